The number of hydrogen-bond donors (Lipinski definition) is 0. The van der Waals surface area contributed by atoms with Crippen molar-refractivity contribution in [2.75, 3.05) is 4.90 Å². The molecule has 2 aliphatic rings. The zero-order valence-corrected chi connectivity index (χ0v) is 12.6. The maximum absolute atomic E-state index is 12.8. The van der Waals surface area contributed by atoms with Gasteiger partial charge in [0.15, 0.2) is 0 Å². The molecule has 0 bridgehead atoms. The molecule has 2 fully saturated rings. The SMILES string of the molecule is Cc1ccc2cccc(N3C(=O)C4CCCCC4C3=O)c2n1. The summed E-state index contributed by atoms with van der Waals surface area (Å²) in [5, 5.41) is 0.957. The first-order chi connectivity index (χ1) is 10.7. The molecule has 112 valence electrons. The van der Waals surface area contributed by atoms with Gasteiger partial charge in [0.2, 0.25) is 11.8 Å². The number of aromatic nitrogens is 1. The molecular weight excluding hydrogens is 276 g/mol. The third-order valence-electron chi connectivity index (χ3n) is 4.92. The van der Waals surface area contributed by atoms with Crippen molar-refractivity contribution in [1.82, 2.24) is 4.98 Å². The molecule has 1 aliphatic carbocycles. The molecule has 0 radical (unpaired) electrons. The molecular formula is C18H18N2O2. The van der Waals surface area contributed by atoms with E-state index in [1.54, 1.807) is 0 Å². The molecule has 0 spiro atoms. The van der Waals surface area contributed by atoms with E-state index in [1.807, 2.05) is 37.3 Å². The first-order valence-electron chi connectivity index (χ1n) is 7.91. The van der Waals surface area contributed by atoms with Gasteiger partial charge >= 0.3 is 0 Å². The van der Waals surface area contributed by atoms with Gasteiger partial charge in [0, 0.05) is 11.1 Å². The molecule has 4 heteroatoms. The molecule has 2 aromatic rings. The minimum atomic E-state index is -0.124. The number of fused-ring (bicyclic) bond motifs is 2. The predicted octanol–water partition coefficient (Wildman–Crippen LogP) is 3.22. The van der Waals surface area contributed by atoms with E-state index in [-0.39, 0.29) is 23.7 Å². The Morgan fingerprint density at radius 2 is 1.68 bits per heavy atom. The van der Waals surface area contributed by atoms with Crippen molar-refractivity contribution >= 4 is 28.4 Å². The largest absolute Gasteiger partial charge is 0.274 e. The molecule has 0 N–H and O–H groups in total. The number of carbonyl (C=O) groups is 2. The number of nitrogens with zero attached hydrogens (tertiary/aromatic N) is 2. The van der Waals surface area contributed by atoms with Crippen molar-refractivity contribution in [3.05, 3.63) is 36.0 Å². The van der Waals surface area contributed by atoms with E-state index in [4.69, 9.17) is 0 Å². The van der Waals surface area contributed by atoms with Crippen molar-refractivity contribution in [1.29, 1.82) is 0 Å². The predicted molar refractivity (Wildman–Crippen MR) is 84.4 cm³/mol. The van der Waals surface area contributed by atoms with Crippen LogP contribution in [0.1, 0.15) is 31.4 Å². The molecule has 22 heavy (non-hydrogen) atoms. The summed E-state index contributed by atoms with van der Waals surface area (Å²) < 4.78 is 0. The number of pyridine rings is 1. The molecule has 1 saturated carbocycles. The number of rotatable bonds is 1. The molecule has 2 amide bonds. The smallest absolute Gasteiger partial charge is 0.237 e. The van der Waals surface area contributed by atoms with Gasteiger partial charge in [-0.3, -0.25) is 14.6 Å². The average molecular weight is 294 g/mol. The molecule has 2 atom stereocenters. The second kappa shape index (κ2) is 4.90. The van der Waals surface area contributed by atoms with Crippen LogP contribution in [0.5, 0.6) is 0 Å². The Kier molecular flexibility index (Phi) is 2.99. The quantitative estimate of drug-likeness (QED) is 0.759. The number of aryl methyl sites for hydroxylation is 1. The number of carbonyl (C=O) groups excluding carboxylic acids is 2. The van der Waals surface area contributed by atoms with Crippen molar-refractivity contribution < 1.29 is 9.59 Å². The Bertz CT molecular complexity index is 760. The van der Waals surface area contributed by atoms with Gasteiger partial charge in [0.1, 0.15) is 0 Å². The van der Waals surface area contributed by atoms with Crippen LogP contribution in [0, 0.1) is 18.8 Å². The molecule has 4 nitrogen and oxygen atoms in total. The zero-order valence-electron chi connectivity index (χ0n) is 12.6. The molecule has 2 unspecified atom stereocenters. The van der Waals surface area contributed by atoms with E-state index in [0.29, 0.717) is 5.69 Å². The van der Waals surface area contributed by atoms with E-state index in [0.717, 1.165) is 42.3 Å². The topological polar surface area (TPSA) is 50.3 Å². The highest BCUT2D eigenvalue weighted by molar-refractivity contribution is 6.24. The van der Waals surface area contributed by atoms with Crippen molar-refractivity contribution in [3.8, 4) is 0 Å². The number of hydrogen-bond acceptors (Lipinski definition) is 3. The van der Waals surface area contributed by atoms with Crippen LogP contribution in [-0.4, -0.2) is 16.8 Å². The molecule has 1 aromatic heterocycles. The number of imide groups is 1. The fourth-order valence-electron chi connectivity index (χ4n) is 3.81. The lowest BCUT2D eigenvalue weighted by Crippen LogP contribution is -2.31. The first-order valence-corrected chi connectivity index (χ1v) is 7.91. The number of para-hydroxylation sites is 1. The van der Waals surface area contributed by atoms with Crippen molar-refractivity contribution in [3.63, 3.8) is 0 Å². The van der Waals surface area contributed by atoms with Gasteiger partial charge in [-0.2, -0.15) is 0 Å². The van der Waals surface area contributed by atoms with Crippen LogP contribution in [0.3, 0.4) is 0 Å². The van der Waals surface area contributed by atoms with Crippen LogP contribution >= 0.6 is 0 Å². The lowest BCUT2D eigenvalue weighted by atomic mass is 9.81. The van der Waals surface area contributed by atoms with Gasteiger partial charge in [-0.25, -0.2) is 4.90 Å². The van der Waals surface area contributed by atoms with Gasteiger partial charge in [-0.05, 0) is 31.9 Å². The third-order valence-corrected chi connectivity index (χ3v) is 4.92. The summed E-state index contributed by atoms with van der Waals surface area (Å²) in [5.74, 6) is -0.321. The van der Waals surface area contributed by atoms with Gasteiger partial charge in [0.05, 0.1) is 23.0 Å². The fraction of sp³-hybridized carbons (Fsp3) is 0.389. The monoisotopic (exact) mass is 294 g/mol. The van der Waals surface area contributed by atoms with E-state index in [1.165, 1.54) is 4.90 Å². The number of benzene rings is 1. The number of anilines is 1. The fourth-order valence-corrected chi connectivity index (χ4v) is 3.81. The molecule has 4 rings (SSSR count). The standard InChI is InChI=1S/C18H18N2O2/c1-11-9-10-12-5-4-8-15(16(12)19-11)20-17(21)13-6-2-3-7-14(13)18(20)22/h4-5,8-10,13-14H,2-3,6-7H2,1H3. The minimum absolute atomic E-state index is 0.0366. The Balaban J connectivity index is 1.86. The number of amides is 2. The van der Waals surface area contributed by atoms with Crippen LogP contribution in [0.2, 0.25) is 0 Å². The second-order valence-electron chi connectivity index (χ2n) is 6.31. The average Bonchev–Trinajstić information content (AvgIpc) is 2.79. The summed E-state index contributed by atoms with van der Waals surface area (Å²) in [6, 6.07) is 9.61. The maximum Gasteiger partial charge on any atom is 0.237 e. The van der Waals surface area contributed by atoms with E-state index in [2.05, 4.69) is 4.98 Å². The molecule has 1 saturated heterocycles. The van der Waals surface area contributed by atoms with Crippen LogP contribution in [0.15, 0.2) is 30.3 Å². The van der Waals surface area contributed by atoms with Crippen LogP contribution < -0.4 is 4.90 Å². The highest BCUT2D eigenvalue weighted by atomic mass is 16.2. The Hall–Kier alpha value is -2.23. The van der Waals surface area contributed by atoms with E-state index < -0.39 is 0 Å². The summed E-state index contributed by atoms with van der Waals surface area (Å²) in [6.45, 7) is 1.92. The van der Waals surface area contributed by atoms with Gasteiger partial charge in [-0.15, -0.1) is 0 Å². The second-order valence-corrected chi connectivity index (χ2v) is 6.31. The highest BCUT2D eigenvalue weighted by Crippen LogP contribution is 2.41. The normalized spacial score (nSPS) is 24.9. The Morgan fingerprint density at radius 3 is 2.36 bits per heavy atom. The minimum Gasteiger partial charge on any atom is -0.274 e. The Morgan fingerprint density at radius 1 is 1.00 bits per heavy atom. The third kappa shape index (κ3) is 1.86. The summed E-state index contributed by atoms with van der Waals surface area (Å²) in [7, 11) is 0. The van der Waals surface area contributed by atoms with Crippen molar-refractivity contribution in [2.24, 2.45) is 11.8 Å². The first kappa shape index (κ1) is 13.4. The van der Waals surface area contributed by atoms with Crippen LogP contribution in [-0.2, 0) is 9.59 Å². The summed E-state index contributed by atoms with van der Waals surface area (Å²) in [5.41, 5.74) is 2.27. The van der Waals surface area contributed by atoms with Crippen LogP contribution in [0.4, 0.5) is 5.69 Å². The van der Waals surface area contributed by atoms with Crippen molar-refractivity contribution in [2.45, 2.75) is 32.6 Å². The summed E-state index contributed by atoms with van der Waals surface area (Å²) >= 11 is 0. The zero-order chi connectivity index (χ0) is 15.3. The van der Waals surface area contributed by atoms with Gasteiger partial charge in [0.25, 0.3) is 0 Å². The highest BCUT2D eigenvalue weighted by Gasteiger charge is 2.49. The Labute approximate surface area is 129 Å². The van der Waals surface area contributed by atoms with Gasteiger partial charge < -0.3 is 0 Å². The summed E-state index contributed by atoms with van der Waals surface area (Å²) in [4.78, 5) is 31.5. The lowest BCUT2D eigenvalue weighted by Gasteiger charge is -2.19. The van der Waals surface area contributed by atoms with E-state index in [9.17, 15) is 9.59 Å². The van der Waals surface area contributed by atoms with Crippen LogP contribution in [0.25, 0.3) is 10.9 Å². The molecule has 2 heterocycles. The summed E-state index contributed by atoms with van der Waals surface area (Å²) in [6.07, 6.45) is 3.76. The molecule has 1 aromatic carbocycles. The van der Waals surface area contributed by atoms with E-state index >= 15 is 0 Å². The molecule has 1 aliphatic heterocycles. The lowest BCUT2D eigenvalue weighted by molar-refractivity contribution is -0.122. The maximum atomic E-state index is 12.8. The van der Waals surface area contributed by atoms with Gasteiger partial charge in [-0.1, -0.05) is 31.0 Å².